The van der Waals surface area contributed by atoms with Crippen molar-refractivity contribution >= 4 is 34.3 Å². The number of fused-ring (bicyclic) bond motifs is 1. The quantitative estimate of drug-likeness (QED) is 0.639. The fraction of sp³-hybridized carbons (Fsp3) is 0.200. The first-order chi connectivity index (χ1) is 10.5. The first kappa shape index (κ1) is 14.4. The summed E-state index contributed by atoms with van der Waals surface area (Å²) in [6.07, 6.45) is 0.0726. The molecule has 0 spiro atoms. The molecule has 1 aliphatic rings. The van der Waals surface area contributed by atoms with E-state index < -0.39 is 0 Å². The van der Waals surface area contributed by atoms with Crippen molar-refractivity contribution in [3.8, 4) is 0 Å². The van der Waals surface area contributed by atoms with Gasteiger partial charge in [-0.3, -0.25) is 14.4 Å². The molecule has 2 amide bonds. The van der Waals surface area contributed by atoms with Crippen LogP contribution in [0.3, 0.4) is 0 Å². The molecular weight excluding hydrogens is 304 g/mol. The van der Waals surface area contributed by atoms with Gasteiger partial charge in [0.05, 0.1) is 30.4 Å². The Labute approximate surface area is 130 Å². The van der Waals surface area contributed by atoms with E-state index in [2.05, 4.69) is 9.72 Å². The van der Waals surface area contributed by atoms with Gasteiger partial charge in [-0.15, -0.1) is 11.3 Å². The molecule has 1 aromatic heterocycles. The second kappa shape index (κ2) is 5.34. The summed E-state index contributed by atoms with van der Waals surface area (Å²) in [5.41, 5.74) is 1.35. The normalized spacial score (nSPS) is 13.5. The zero-order valence-electron chi connectivity index (χ0n) is 12.0. The van der Waals surface area contributed by atoms with Gasteiger partial charge in [0, 0.05) is 4.88 Å². The molecule has 1 aromatic carbocycles. The number of amides is 2. The van der Waals surface area contributed by atoms with Crippen molar-refractivity contribution in [2.75, 3.05) is 12.0 Å². The number of nitrogens with zero attached hydrogens (tertiary/aromatic N) is 2. The summed E-state index contributed by atoms with van der Waals surface area (Å²) in [4.78, 5) is 42.2. The summed E-state index contributed by atoms with van der Waals surface area (Å²) in [5.74, 6) is -1.17. The highest BCUT2D eigenvalue weighted by atomic mass is 32.1. The van der Waals surface area contributed by atoms with Gasteiger partial charge in [-0.05, 0) is 19.1 Å². The van der Waals surface area contributed by atoms with Crippen LogP contribution >= 0.6 is 11.3 Å². The van der Waals surface area contributed by atoms with Crippen LogP contribution in [-0.4, -0.2) is 29.9 Å². The molecule has 0 N–H and O–H groups in total. The second-order valence-electron chi connectivity index (χ2n) is 4.75. The number of esters is 1. The van der Waals surface area contributed by atoms with Crippen molar-refractivity contribution in [1.29, 1.82) is 0 Å². The van der Waals surface area contributed by atoms with E-state index in [4.69, 9.17) is 0 Å². The predicted octanol–water partition coefficient (Wildman–Crippen LogP) is 1.97. The Kier molecular flexibility index (Phi) is 3.50. The summed E-state index contributed by atoms with van der Waals surface area (Å²) in [6.45, 7) is 1.73. The van der Waals surface area contributed by atoms with Gasteiger partial charge < -0.3 is 4.74 Å². The number of carbonyl (C=O) groups excluding carboxylic acids is 3. The van der Waals surface area contributed by atoms with Gasteiger partial charge in [-0.2, -0.15) is 0 Å². The van der Waals surface area contributed by atoms with Gasteiger partial charge in [0.25, 0.3) is 11.8 Å². The molecule has 0 saturated carbocycles. The number of thiazole rings is 1. The SMILES string of the molecule is COC(=O)Cc1sc(N2C(=O)c3ccccc3C2=O)nc1C. The first-order valence-corrected chi connectivity index (χ1v) is 7.35. The molecule has 0 bridgehead atoms. The highest BCUT2D eigenvalue weighted by Crippen LogP contribution is 2.33. The monoisotopic (exact) mass is 316 g/mol. The maximum absolute atomic E-state index is 12.4. The number of aryl methyl sites for hydroxylation is 1. The number of carbonyl (C=O) groups is 3. The average molecular weight is 316 g/mol. The number of anilines is 1. The molecule has 1 aliphatic heterocycles. The Morgan fingerprint density at radius 3 is 2.36 bits per heavy atom. The van der Waals surface area contributed by atoms with Gasteiger partial charge in [0.1, 0.15) is 0 Å². The lowest BCUT2D eigenvalue weighted by Crippen LogP contribution is -2.29. The zero-order valence-corrected chi connectivity index (χ0v) is 12.8. The molecule has 0 radical (unpaired) electrons. The average Bonchev–Trinajstić information content (AvgIpc) is 2.98. The number of imide groups is 1. The van der Waals surface area contributed by atoms with E-state index in [0.29, 0.717) is 21.7 Å². The molecule has 0 atom stereocenters. The molecule has 112 valence electrons. The Morgan fingerprint density at radius 2 is 1.82 bits per heavy atom. The Hall–Kier alpha value is -2.54. The molecule has 0 unspecified atom stereocenters. The Morgan fingerprint density at radius 1 is 1.23 bits per heavy atom. The summed E-state index contributed by atoms with van der Waals surface area (Å²) in [5, 5.41) is 0.280. The van der Waals surface area contributed by atoms with E-state index in [-0.39, 0.29) is 29.3 Å². The van der Waals surface area contributed by atoms with Crippen molar-refractivity contribution in [2.24, 2.45) is 0 Å². The number of aromatic nitrogens is 1. The third-order valence-electron chi connectivity index (χ3n) is 3.40. The molecule has 2 aromatic rings. The Balaban J connectivity index is 1.96. The summed E-state index contributed by atoms with van der Waals surface area (Å²) >= 11 is 1.15. The van der Waals surface area contributed by atoms with Crippen LogP contribution in [0.1, 0.15) is 31.3 Å². The van der Waals surface area contributed by atoms with Crippen LogP contribution in [-0.2, 0) is 16.0 Å². The van der Waals surface area contributed by atoms with Crippen LogP contribution in [0.15, 0.2) is 24.3 Å². The van der Waals surface area contributed by atoms with Crippen LogP contribution < -0.4 is 4.90 Å². The maximum atomic E-state index is 12.4. The molecule has 7 heteroatoms. The van der Waals surface area contributed by atoms with E-state index in [1.807, 2.05) is 0 Å². The van der Waals surface area contributed by atoms with Gasteiger partial charge in [0.15, 0.2) is 5.13 Å². The summed E-state index contributed by atoms with van der Waals surface area (Å²) in [6, 6.07) is 6.66. The van der Waals surface area contributed by atoms with E-state index in [0.717, 1.165) is 16.2 Å². The van der Waals surface area contributed by atoms with E-state index in [1.165, 1.54) is 7.11 Å². The van der Waals surface area contributed by atoms with Crippen LogP contribution in [0.4, 0.5) is 5.13 Å². The van der Waals surface area contributed by atoms with Crippen molar-refractivity contribution in [1.82, 2.24) is 4.98 Å². The minimum atomic E-state index is -0.390. The third-order valence-corrected chi connectivity index (χ3v) is 4.54. The topological polar surface area (TPSA) is 76.6 Å². The van der Waals surface area contributed by atoms with Crippen LogP contribution in [0.25, 0.3) is 0 Å². The zero-order chi connectivity index (χ0) is 15.9. The van der Waals surface area contributed by atoms with Crippen molar-refractivity contribution in [3.63, 3.8) is 0 Å². The molecule has 0 saturated heterocycles. The molecule has 0 fully saturated rings. The third kappa shape index (κ3) is 2.19. The van der Waals surface area contributed by atoms with Crippen molar-refractivity contribution in [3.05, 3.63) is 46.0 Å². The second-order valence-corrected chi connectivity index (χ2v) is 5.81. The van der Waals surface area contributed by atoms with Gasteiger partial charge >= 0.3 is 5.97 Å². The first-order valence-electron chi connectivity index (χ1n) is 6.54. The van der Waals surface area contributed by atoms with Crippen molar-refractivity contribution in [2.45, 2.75) is 13.3 Å². The maximum Gasteiger partial charge on any atom is 0.310 e. The lowest BCUT2D eigenvalue weighted by atomic mass is 10.1. The smallest absolute Gasteiger partial charge is 0.310 e. The van der Waals surface area contributed by atoms with Crippen molar-refractivity contribution < 1.29 is 19.1 Å². The number of hydrogen-bond acceptors (Lipinski definition) is 6. The summed E-state index contributed by atoms with van der Waals surface area (Å²) < 4.78 is 4.63. The highest BCUT2D eigenvalue weighted by Gasteiger charge is 2.38. The van der Waals surface area contributed by atoms with Crippen LogP contribution in [0, 0.1) is 6.92 Å². The summed E-state index contributed by atoms with van der Waals surface area (Å²) in [7, 11) is 1.31. The molecule has 2 heterocycles. The fourth-order valence-electron chi connectivity index (χ4n) is 2.24. The fourth-order valence-corrected chi connectivity index (χ4v) is 3.28. The largest absolute Gasteiger partial charge is 0.469 e. The molecule has 22 heavy (non-hydrogen) atoms. The lowest BCUT2D eigenvalue weighted by Gasteiger charge is -2.08. The lowest BCUT2D eigenvalue weighted by molar-refractivity contribution is -0.139. The minimum absolute atomic E-state index is 0.0726. The molecule has 3 rings (SSSR count). The number of methoxy groups -OCH3 is 1. The number of benzene rings is 1. The van der Waals surface area contributed by atoms with E-state index >= 15 is 0 Å². The van der Waals surface area contributed by atoms with Gasteiger partial charge in [-0.25, -0.2) is 9.88 Å². The van der Waals surface area contributed by atoms with Gasteiger partial charge in [-0.1, -0.05) is 12.1 Å². The highest BCUT2D eigenvalue weighted by molar-refractivity contribution is 7.16. The standard InChI is InChI=1S/C15H12N2O4S/c1-8-11(7-12(18)21-2)22-15(16-8)17-13(19)9-5-3-4-6-10(9)14(17)20/h3-6H,7H2,1-2H3. The Bertz CT molecular complexity index is 762. The van der Waals surface area contributed by atoms with E-state index in [9.17, 15) is 14.4 Å². The predicted molar refractivity (Wildman–Crippen MR) is 80.2 cm³/mol. The molecule has 0 aliphatic carbocycles. The van der Waals surface area contributed by atoms with Crippen LogP contribution in [0.5, 0.6) is 0 Å². The number of rotatable bonds is 3. The number of ether oxygens (including phenoxy) is 1. The molecule has 6 nitrogen and oxygen atoms in total. The number of hydrogen-bond donors (Lipinski definition) is 0. The van der Waals surface area contributed by atoms with Crippen LogP contribution in [0.2, 0.25) is 0 Å². The van der Waals surface area contributed by atoms with Gasteiger partial charge in [0.2, 0.25) is 0 Å². The minimum Gasteiger partial charge on any atom is -0.469 e. The van der Waals surface area contributed by atoms with E-state index in [1.54, 1.807) is 31.2 Å². The molecular formula is C15H12N2O4S.